The molecule has 0 aliphatic heterocycles. The number of rotatable bonds is 8. The average molecular weight is 373 g/mol. The van der Waals surface area contributed by atoms with Crippen LogP contribution in [-0.2, 0) is 14.3 Å². The molecule has 0 aromatic heterocycles. The number of unbranched alkanes of at least 4 members (excludes halogenated alkanes) is 1. The smallest absolute Gasteiger partial charge is 0.305 e. The van der Waals surface area contributed by atoms with Gasteiger partial charge in [-0.3, -0.25) is 9.79 Å². The van der Waals surface area contributed by atoms with Gasteiger partial charge in [-0.1, -0.05) is 0 Å². The number of halogens is 1. The Morgan fingerprint density at radius 1 is 1.39 bits per heavy atom. The van der Waals surface area contributed by atoms with Crippen LogP contribution in [0.2, 0.25) is 0 Å². The summed E-state index contributed by atoms with van der Waals surface area (Å²) < 4.78 is 9.49. The van der Waals surface area contributed by atoms with E-state index in [-0.39, 0.29) is 36.0 Å². The molecule has 0 bridgehead atoms. The summed E-state index contributed by atoms with van der Waals surface area (Å²) in [5, 5.41) is 3.00. The van der Waals surface area contributed by atoms with E-state index in [4.69, 9.17) is 10.5 Å². The predicted octanol–water partition coefficient (Wildman–Crippen LogP) is 0.887. The van der Waals surface area contributed by atoms with Crippen LogP contribution >= 0.6 is 24.0 Å². The highest BCUT2D eigenvalue weighted by Gasteiger charge is 2.01. The quantitative estimate of drug-likeness (QED) is 0.217. The highest BCUT2D eigenvalue weighted by molar-refractivity contribution is 14.0. The number of nitrogens with zero attached hydrogens (tertiary/aromatic N) is 1. The van der Waals surface area contributed by atoms with Crippen LogP contribution in [0.25, 0.3) is 0 Å². The van der Waals surface area contributed by atoms with Crippen molar-refractivity contribution in [3.8, 4) is 0 Å². The Hall–Kier alpha value is -0.570. The first-order valence-electron chi connectivity index (χ1n) is 5.72. The van der Waals surface area contributed by atoms with Crippen LogP contribution in [0.4, 0.5) is 0 Å². The molecule has 0 aliphatic rings. The van der Waals surface area contributed by atoms with Crippen molar-refractivity contribution in [2.24, 2.45) is 10.7 Å². The van der Waals surface area contributed by atoms with Crippen molar-refractivity contribution < 1.29 is 14.3 Å². The minimum Gasteiger partial charge on any atom is -0.469 e. The molecule has 0 aliphatic carbocycles. The summed E-state index contributed by atoms with van der Waals surface area (Å²) in [5.74, 6) is 0.224. The Morgan fingerprint density at radius 2 is 2.06 bits per heavy atom. The third kappa shape index (κ3) is 11.9. The lowest BCUT2D eigenvalue weighted by atomic mass is 10.2. The second-order valence-electron chi connectivity index (χ2n) is 3.80. The molecule has 0 aromatic carbocycles. The fraction of sp³-hybridized carbons (Fsp3) is 0.818. The summed E-state index contributed by atoms with van der Waals surface area (Å²) >= 11 is 0. The highest BCUT2D eigenvalue weighted by Crippen LogP contribution is 1.97. The van der Waals surface area contributed by atoms with Crippen molar-refractivity contribution in [2.75, 3.05) is 27.4 Å². The van der Waals surface area contributed by atoms with Crippen molar-refractivity contribution >= 4 is 35.9 Å². The number of methoxy groups -OCH3 is 2. The Labute approximate surface area is 126 Å². The Balaban J connectivity index is 0. The summed E-state index contributed by atoms with van der Waals surface area (Å²) in [6, 6.07) is 0.138. The van der Waals surface area contributed by atoms with Gasteiger partial charge in [0, 0.05) is 26.1 Å². The van der Waals surface area contributed by atoms with Gasteiger partial charge in [0.2, 0.25) is 0 Å². The van der Waals surface area contributed by atoms with Crippen LogP contribution < -0.4 is 11.1 Å². The largest absolute Gasteiger partial charge is 0.469 e. The molecule has 0 amide bonds. The number of carbonyl (C=O) groups is 1. The zero-order valence-electron chi connectivity index (χ0n) is 11.3. The van der Waals surface area contributed by atoms with Gasteiger partial charge in [0.25, 0.3) is 0 Å². The standard InChI is InChI=1S/C11H23N3O3.HI/c1-9(8-16-2)14-11(12)13-7-5-4-6-10(15)17-3;/h9H,4-8H2,1-3H3,(H3,12,13,14);1H. The Bertz CT molecular complexity index is 250. The molecule has 0 heterocycles. The van der Waals surface area contributed by atoms with Crippen molar-refractivity contribution in [1.29, 1.82) is 0 Å². The normalized spacial score (nSPS) is 12.5. The van der Waals surface area contributed by atoms with Gasteiger partial charge >= 0.3 is 5.97 Å². The number of carbonyl (C=O) groups excluding carboxylic acids is 1. The molecule has 0 saturated heterocycles. The number of nitrogens with two attached hydrogens (primary N) is 1. The first-order chi connectivity index (χ1) is 8.10. The van der Waals surface area contributed by atoms with Gasteiger partial charge in [0.1, 0.15) is 0 Å². The maximum Gasteiger partial charge on any atom is 0.305 e. The summed E-state index contributed by atoms with van der Waals surface area (Å²) in [4.78, 5) is 15.0. The van der Waals surface area contributed by atoms with Crippen LogP contribution in [0.3, 0.4) is 0 Å². The monoisotopic (exact) mass is 373 g/mol. The van der Waals surface area contributed by atoms with Crippen molar-refractivity contribution in [3.63, 3.8) is 0 Å². The molecule has 1 atom stereocenters. The molecule has 1 unspecified atom stereocenters. The van der Waals surface area contributed by atoms with E-state index >= 15 is 0 Å². The van der Waals surface area contributed by atoms with E-state index < -0.39 is 0 Å². The SMILES string of the molecule is COCC(C)NC(N)=NCCCCC(=O)OC.I. The lowest BCUT2D eigenvalue weighted by Crippen LogP contribution is -2.40. The number of hydrogen-bond acceptors (Lipinski definition) is 4. The third-order valence-electron chi connectivity index (χ3n) is 2.11. The second kappa shape index (κ2) is 12.9. The Kier molecular flexibility index (Phi) is 14.1. The van der Waals surface area contributed by atoms with Gasteiger partial charge in [0.05, 0.1) is 13.7 Å². The molecule has 0 saturated carbocycles. The van der Waals surface area contributed by atoms with Crippen LogP contribution in [-0.4, -0.2) is 45.3 Å². The Morgan fingerprint density at radius 3 is 2.61 bits per heavy atom. The number of aliphatic imine (C=N–C) groups is 1. The lowest BCUT2D eigenvalue weighted by molar-refractivity contribution is -0.140. The van der Waals surface area contributed by atoms with Crippen LogP contribution in [0, 0.1) is 0 Å². The van der Waals surface area contributed by atoms with Crippen molar-refractivity contribution in [2.45, 2.75) is 32.2 Å². The topological polar surface area (TPSA) is 85.9 Å². The summed E-state index contributed by atoms with van der Waals surface area (Å²) in [6.45, 7) is 3.15. The third-order valence-corrected chi connectivity index (χ3v) is 2.11. The zero-order chi connectivity index (χ0) is 13.1. The van der Waals surface area contributed by atoms with E-state index in [1.165, 1.54) is 7.11 Å². The van der Waals surface area contributed by atoms with Gasteiger partial charge in [0.15, 0.2) is 5.96 Å². The molecule has 0 aromatic rings. The lowest BCUT2D eigenvalue weighted by Gasteiger charge is -2.12. The molecule has 0 radical (unpaired) electrons. The first-order valence-corrected chi connectivity index (χ1v) is 5.72. The summed E-state index contributed by atoms with van der Waals surface area (Å²) in [6.07, 6.45) is 2.01. The van der Waals surface area contributed by atoms with E-state index in [0.717, 1.165) is 12.8 Å². The van der Waals surface area contributed by atoms with E-state index in [1.807, 2.05) is 6.92 Å². The van der Waals surface area contributed by atoms with Crippen LogP contribution in [0.5, 0.6) is 0 Å². The van der Waals surface area contributed by atoms with Gasteiger partial charge in [-0.05, 0) is 19.8 Å². The first kappa shape index (κ1) is 19.8. The molecule has 0 spiro atoms. The van der Waals surface area contributed by atoms with Gasteiger partial charge in [-0.2, -0.15) is 0 Å². The van der Waals surface area contributed by atoms with Gasteiger partial charge in [-0.15, -0.1) is 24.0 Å². The number of hydrogen-bond donors (Lipinski definition) is 2. The number of ether oxygens (including phenoxy) is 2. The molecule has 108 valence electrons. The fourth-order valence-corrected chi connectivity index (χ4v) is 1.27. The van der Waals surface area contributed by atoms with E-state index in [1.54, 1.807) is 7.11 Å². The minimum atomic E-state index is -0.186. The minimum absolute atomic E-state index is 0. The molecule has 18 heavy (non-hydrogen) atoms. The maximum absolute atomic E-state index is 10.8. The second-order valence-corrected chi connectivity index (χ2v) is 3.80. The van der Waals surface area contributed by atoms with E-state index in [0.29, 0.717) is 25.5 Å². The molecule has 0 fully saturated rings. The van der Waals surface area contributed by atoms with Gasteiger partial charge < -0.3 is 20.5 Å². The molecule has 3 N–H and O–H groups in total. The molecular weight excluding hydrogens is 349 g/mol. The van der Waals surface area contributed by atoms with Gasteiger partial charge in [-0.25, -0.2) is 0 Å². The molecule has 0 rings (SSSR count). The fourth-order valence-electron chi connectivity index (χ4n) is 1.27. The predicted molar refractivity (Wildman–Crippen MR) is 82.2 cm³/mol. The molecule has 6 nitrogen and oxygen atoms in total. The zero-order valence-corrected chi connectivity index (χ0v) is 13.6. The molecule has 7 heteroatoms. The van der Waals surface area contributed by atoms with Crippen LogP contribution in [0.1, 0.15) is 26.2 Å². The summed E-state index contributed by atoms with van der Waals surface area (Å²) in [5.41, 5.74) is 5.66. The number of esters is 1. The van der Waals surface area contributed by atoms with Crippen molar-refractivity contribution in [1.82, 2.24) is 5.32 Å². The van der Waals surface area contributed by atoms with Crippen molar-refractivity contribution in [3.05, 3.63) is 0 Å². The van der Waals surface area contributed by atoms with Crippen LogP contribution in [0.15, 0.2) is 4.99 Å². The van der Waals surface area contributed by atoms with E-state index in [9.17, 15) is 4.79 Å². The average Bonchev–Trinajstić information content (AvgIpc) is 2.28. The van der Waals surface area contributed by atoms with E-state index in [2.05, 4.69) is 15.0 Å². The summed E-state index contributed by atoms with van der Waals surface area (Å²) in [7, 11) is 3.03. The maximum atomic E-state index is 10.8. The number of nitrogens with one attached hydrogen (secondary N) is 1. The highest BCUT2D eigenvalue weighted by atomic mass is 127. The molecular formula is C11H24IN3O3. The number of guanidine groups is 1.